The van der Waals surface area contributed by atoms with Crippen molar-refractivity contribution in [2.75, 3.05) is 25.1 Å². The van der Waals surface area contributed by atoms with Crippen molar-refractivity contribution in [3.8, 4) is 11.3 Å². The number of rotatable bonds is 8. The van der Waals surface area contributed by atoms with E-state index in [2.05, 4.69) is 48.2 Å². The number of benzene rings is 1. The Morgan fingerprint density at radius 1 is 1.24 bits per heavy atom. The first-order valence-corrected chi connectivity index (χ1v) is 13.8. The molecule has 2 aliphatic rings. The number of nitrogens with zero attached hydrogens (tertiary/aromatic N) is 6. The maximum Gasteiger partial charge on any atom is 0.273 e. The van der Waals surface area contributed by atoms with E-state index in [0.717, 1.165) is 53.3 Å². The highest BCUT2D eigenvalue weighted by Gasteiger charge is 2.31. The Labute approximate surface area is 240 Å². The van der Waals surface area contributed by atoms with Gasteiger partial charge in [-0.25, -0.2) is 15.5 Å². The fourth-order valence-corrected chi connectivity index (χ4v) is 4.97. The average molecular weight is 559 g/mol. The van der Waals surface area contributed by atoms with Crippen LogP contribution in [0.4, 0.5) is 11.6 Å². The molecule has 2 aliphatic heterocycles. The summed E-state index contributed by atoms with van der Waals surface area (Å²) in [5, 5.41) is 17.4. The molecule has 41 heavy (non-hydrogen) atoms. The highest BCUT2D eigenvalue weighted by molar-refractivity contribution is 5.93. The molecule has 0 radical (unpaired) electrons. The van der Waals surface area contributed by atoms with Gasteiger partial charge in [0.25, 0.3) is 5.91 Å². The lowest BCUT2D eigenvalue weighted by atomic mass is 9.96. The number of anilines is 2. The van der Waals surface area contributed by atoms with Gasteiger partial charge in [-0.3, -0.25) is 14.4 Å². The van der Waals surface area contributed by atoms with E-state index in [9.17, 15) is 4.79 Å². The monoisotopic (exact) mass is 558 g/mol. The van der Waals surface area contributed by atoms with Gasteiger partial charge >= 0.3 is 0 Å². The molecule has 2 aromatic heterocycles. The Morgan fingerprint density at radius 3 is 2.71 bits per heavy atom. The van der Waals surface area contributed by atoms with Crippen LogP contribution in [0, 0.1) is 12.5 Å². The molecule has 1 saturated heterocycles. The van der Waals surface area contributed by atoms with Gasteiger partial charge in [0.05, 0.1) is 42.4 Å². The van der Waals surface area contributed by atoms with Crippen molar-refractivity contribution >= 4 is 17.5 Å². The molecule has 1 unspecified atom stereocenters. The molecule has 1 fully saturated rings. The Kier molecular flexibility index (Phi) is 8.13. The smallest absolute Gasteiger partial charge is 0.273 e. The number of hydrogen-bond donors (Lipinski definition) is 4. The first-order chi connectivity index (χ1) is 19.6. The normalized spacial score (nSPS) is 18.2. The van der Waals surface area contributed by atoms with E-state index in [4.69, 9.17) is 15.3 Å². The molecule has 4 heterocycles. The standard InChI is InChI=1S/C29H38N10O2/c1-18-26(15-38(5)37-18)35-28-31-10-8-23(34-28)19-6-7-22-20(12-19)14-39(21-16-41-17-21)11-9-24(22)33-27(40)25(36-30)13-32-29(2,3)4/h6-8,10,12-13,15,21,24,30,32H,9,11,14,16-17H2,1-5H3,(H,33,40)(H,31,34,35)/b25-13-,36-30?. The molecule has 1 atom stereocenters. The van der Waals surface area contributed by atoms with E-state index in [1.165, 1.54) is 6.20 Å². The zero-order chi connectivity index (χ0) is 29.1. The molecule has 5 rings (SSSR count). The summed E-state index contributed by atoms with van der Waals surface area (Å²) in [7, 11) is 1.88. The second-order valence-electron chi connectivity index (χ2n) is 11.6. The predicted molar refractivity (Wildman–Crippen MR) is 155 cm³/mol. The van der Waals surface area contributed by atoms with Crippen LogP contribution in [0.15, 0.2) is 53.7 Å². The third-order valence-electron chi connectivity index (χ3n) is 7.25. The van der Waals surface area contributed by atoms with Crippen molar-refractivity contribution in [3.63, 3.8) is 0 Å². The van der Waals surface area contributed by atoms with Crippen LogP contribution in [0.1, 0.15) is 50.1 Å². The maximum absolute atomic E-state index is 13.2. The van der Waals surface area contributed by atoms with Gasteiger partial charge in [-0.15, -0.1) is 0 Å². The van der Waals surface area contributed by atoms with Crippen LogP contribution in [-0.4, -0.2) is 61.9 Å². The molecule has 12 heteroatoms. The Bertz CT molecular complexity index is 1450. The van der Waals surface area contributed by atoms with Gasteiger partial charge in [-0.1, -0.05) is 12.1 Å². The number of nitrogens with one attached hydrogen (secondary N) is 4. The van der Waals surface area contributed by atoms with Gasteiger partial charge < -0.3 is 20.7 Å². The van der Waals surface area contributed by atoms with E-state index < -0.39 is 0 Å². The molecule has 1 amide bonds. The van der Waals surface area contributed by atoms with Crippen LogP contribution < -0.4 is 16.0 Å². The van der Waals surface area contributed by atoms with E-state index in [-0.39, 0.29) is 23.2 Å². The summed E-state index contributed by atoms with van der Waals surface area (Å²) in [6, 6.07) is 8.29. The van der Waals surface area contributed by atoms with Crippen LogP contribution >= 0.6 is 0 Å². The molecule has 0 spiro atoms. The topological polar surface area (TPSA) is 145 Å². The van der Waals surface area contributed by atoms with Crippen LogP contribution in [0.25, 0.3) is 11.3 Å². The number of carbonyl (C=O) groups excluding carboxylic acids is 1. The van der Waals surface area contributed by atoms with Gasteiger partial charge in [-0.05, 0) is 57.4 Å². The number of hydrogen-bond acceptors (Lipinski definition) is 10. The number of aryl methyl sites for hydroxylation is 2. The lowest BCUT2D eigenvalue weighted by Gasteiger charge is -2.36. The van der Waals surface area contributed by atoms with Crippen molar-refractivity contribution in [2.24, 2.45) is 12.2 Å². The summed E-state index contributed by atoms with van der Waals surface area (Å²) < 4.78 is 7.23. The SMILES string of the molecule is Cc1nn(C)cc1Nc1nccc(-c2ccc3c(c2)CN(C2COC2)CCC3NC(=O)/C(=C/NC(C)(C)C)N=N)n1. The molecular formula is C29H38N10O2. The van der Waals surface area contributed by atoms with Crippen LogP contribution in [0.2, 0.25) is 0 Å². The second kappa shape index (κ2) is 11.8. The van der Waals surface area contributed by atoms with Gasteiger partial charge in [0.1, 0.15) is 0 Å². The van der Waals surface area contributed by atoms with Gasteiger partial charge in [0, 0.05) is 49.8 Å². The van der Waals surface area contributed by atoms with Crippen LogP contribution in [-0.2, 0) is 23.1 Å². The molecule has 0 saturated carbocycles. The summed E-state index contributed by atoms with van der Waals surface area (Å²) in [5.41, 5.74) is 13.0. The highest BCUT2D eigenvalue weighted by Crippen LogP contribution is 2.32. The molecule has 1 aromatic carbocycles. The third-order valence-corrected chi connectivity index (χ3v) is 7.25. The van der Waals surface area contributed by atoms with Crippen molar-refractivity contribution in [1.29, 1.82) is 5.53 Å². The number of carbonyl (C=O) groups is 1. The summed E-state index contributed by atoms with van der Waals surface area (Å²) in [6.45, 7) is 10.9. The van der Waals surface area contributed by atoms with Crippen molar-refractivity contribution in [3.05, 3.63) is 65.4 Å². The lowest BCUT2D eigenvalue weighted by Crippen LogP contribution is -2.48. The highest BCUT2D eigenvalue weighted by atomic mass is 16.5. The molecule has 3 aromatic rings. The Hall–Kier alpha value is -4.16. The van der Waals surface area contributed by atoms with E-state index in [1.807, 2.05) is 53.1 Å². The fraction of sp³-hybridized carbons (Fsp3) is 0.448. The first-order valence-electron chi connectivity index (χ1n) is 13.8. The maximum atomic E-state index is 13.2. The minimum Gasteiger partial charge on any atom is -0.384 e. The van der Waals surface area contributed by atoms with E-state index >= 15 is 0 Å². The van der Waals surface area contributed by atoms with Crippen molar-refractivity contribution < 1.29 is 9.53 Å². The quantitative estimate of drug-likeness (QED) is 0.240. The van der Waals surface area contributed by atoms with Gasteiger partial charge in [0.2, 0.25) is 5.95 Å². The second-order valence-corrected chi connectivity index (χ2v) is 11.6. The summed E-state index contributed by atoms with van der Waals surface area (Å²) >= 11 is 0. The van der Waals surface area contributed by atoms with Gasteiger partial charge in [-0.2, -0.15) is 10.2 Å². The molecule has 0 bridgehead atoms. The molecule has 0 aliphatic carbocycles. The molecule has 12 nitrogen and oxygen atoms in total. The first kappa shape index (κ1) is 28.4. The number of aromatic nitrogens is 4. The number of fused-ring (bicyclic) bond motifs is 1. The predicted octanol–water partition coefficient (Wildman–Crippen LogP) is 3.95. The van der Waals surface area contributed by atoms with Gasteiger partial charge in [0.15, 0.2) is 5.70 Å². The zero-order valence-corrected chi connectivity index (χ0v) is 24.2. The van der Waals surface area contributed by atoms with Crippen LogP contribution in [0.3, 0.4) is 0 Å². The molecular weight excluding hydrogens is 520 g/mol. The lowest BCUT2D eigenvalue weighted by molar-refractivity contribution is -0.118. The van der Waals surface area contributed by atoms with E-state index in [0.29, 0.717) is 25.2 Å². The average Bonchev–Trinajstić information content (AvgIpc) is 3.10. The summed E-state index contributed by atoms with van der Waals surface area (Å²) in [4.78, 5) is 24.8. The third kappa shape index (κ3) is 6.77. The summed E-state index contributed by atoms with van der Waals surface area (Å²) in [5.74, 6) is 0.115. The minimum absolute atomic E-state index is 0.0384. The van der Waals surface area contributed by atoms with Crippen molar-refractivity contribution in [2.45, 2.75) is 58.3 Å². The Balaban J connectivity index is 1.42. The largest absolute Gasteiger partial charge is 0.384 e. The molecule has 4 N–H and O–H groups in total. The number of amides is 1. The minimum atomic E-state index is -0.380. The Morgan fingerprint density at radius 2 is 2.05 bits per heavy atom. The molecule has 216 valence electrons. The summed E-state index contributed by atoms with van der Waals surface area (Å²) in [6.07, 6.45) is 5.88. The van der Waals surface area contributed by atoms with Crippen molar-refractivity contribution in [1.82, 2.24) is 35.3 Å². The zero-order valence-electron chi connectivity index (χ0n) is 24.2. The fourth-order valence-electron chi connectivity index (χ4n) is 4.97. The van der Waals surface area contributed by atoms with E-state index in [1.54, 1.807) is 10.9 Å². The van der Waals surface area contributed by atoms with Crippen LogP contribution in [0.5, 0.6) is 0 Å². The number of ether oxygens (including phenoxy) is 1.